The second-order valence-electron chi connectivity index (χ2n) is 7.60. The molecule has 32 heavy (non-hydrogen) atoms. The molecule has 0 fully saturated rings. The van der Waals surface area contributed by atoms with Crippen molar-refractivity contribution in [3.05, 3.63) is 138 Å². The first-order valence-corrected chi connectivity index (χ1v) is 11.7. The molecule has 0 amide bonds. The number of para-hydroxylation sites is 2. The van der Waals surface area contributed by atoms with Gasteiger partial charge in [-0.1, -0.05) is 103 Å². The Balaban J connectivity index is 1.58. The van der Waals surface area contributed by atoms with Crippen LogP contribution in [-0.2, 0) is 6.54 Å². The molecule has 156 valence electrons. The van der Waals surface area contributed by atoms with Crippen LogP contribution in [0, 0.1) is 0 Å². The number of hydrogen-bond acceptors (Lipinski definition) is 2. The van der Waals surface area contributed by atoms with E-state index in [-0.39, 0.29) is 5.25 Å². The molecule has 0 N–H and O–H groups in total. The van der Waals surface area contributed by atoms with Gasteiger partial charge < -0.3 is 4.57 Å². The van der Waals surface area contributed by atoms with Crippen molar-refractivity contribution >= 4 is 28.9 Å². The zero-order valence-electron chi connectivity index (χ0n) is 17.7. The second-order valence-corrected chi connectivity index (χ2v) is 8.78. The smallest absolute Gasteiger partial charge is 0.128 e. The predicted molar refractivity (Wildman–Crippen MR) is 136 cm³/mol. The third kappa shape index (κ3) is 4.53. The molecule has 1 atom stereocenters. The fourth-order valence-electron chi connectivity index (χ4n) is 3.88. The van der Waals surface area contributed by atoms with Crippen LogP contribution in [0.25, 0.3) is 17.1 Å². The van der Waals surface area contributed by atoms with E-state index < -0.39 is 0 Å². The molecule has 5 aromatic rings. The van der Waals surface area contributed by atoms with Crippen LogP contribution in [0.4, 0.5) is 0 Å². The van der Waals surface area contributed by atoms with Gasteiger partial charge in [0.2, 0.25) is 0 Å². The van der Waals surface area contributed by atoms with Crippen molar-refractivity contribution in [1.82, 2.24) is 9.55 Å². The minimum absolute atomic E-state index is 0.0936. The van der Waals surface area contributed by atoms with Gasteiger partial charge in [-0.2, -0.15) is 0 Å². The highest BCUT2D eigenvalue weighted by atomic mass is 32.2. The molecule has 0 aliphatic rings. The number of hydrogen-bond donors (Lipinski definition) is 0. The van der Waals surface area contributed by atoms with Crippen molar-refractivity contribution in [3.8, 4) is 0 Å². The van der Waals surface area contributed by atoms with Crippen LogP contribution in [0.1, 0.15) is 22.2 Å². The van der Waals surface area contributed by atoms with E-state index in [1.54, 1.807) is 0 Å². The molecule has 0 radical (unpaired) electrons. The summed E-state index contributed by atoms with van der Waals surface area (Å²) in [5.74, 6) is 1.07. The van der Waals surface area contributed by atoms with Crippen molar-refractivity contribution < 1.29 is 0 Å². The summed E-state index contributed by atoms with van der Waals surface area (Å²) in [4.78, 5) is 6.36. The van der Waals surface area contributed by atoms with Crippen LogP contribution in [0.3, 0.4) is 0 Å². The van der Waals surface area contributed by atoms with Gasteiger partial charge in [0, 0.05) is 11.4 Å². The number of thioether (sulfide) groups is 1. The van der Waals surface area contributed by atoms with Gasteiger partial charge in [0.1, 0.15) is 5.82 Å². The largest absolute Gasteiger partial charge is 0.323 e. The second kappa shape index (κ2) is 9.71. The van der Waals surface area contributed by atoms with E-state index in [1.807, 2.05) is 17.8 Å². The topological polar surface area (TPSA) is 17.8 Å². The Bertz CT molecular complexity index is 1310. The molecule has 1 unspecified atom stereocenters. The molecule has 2 nitrogen and oxygen atoms in total. The number of allylic oxidation sites excluding steroid dienone is 1. The lowest BCUT2D eigenvalue weighted by molar-refractivity contribution is 0.775. The van der Waals surface area contributed by atoms with Crippen molar-refractivity contribution in [1.29, 1.82) is 0 Å². The first kappa shape index (κ1) is 20.3. The first-order valence-electron chi connectivity index (χ1n) is 10.8. The SMILES string of the molecule is C(=C\c1ccccc1)/Cn1c(C(Sc2ccccc2)c2ccccc2)nc2ccccc21. The standard InChI is InChI=1S/C29H24N2S/c1-4-13-23(14-5-1)15-12-22-31-27-21-11-10-20-26(27)30-29(31)28(24-16-6-2-7-17-24)32-25-18-8-3-9-19-25/h1-21,28H,22H2/b15-12+. The minimum Gasteiger partial charge on any atom is -0.323 e. The first-order chi connectivity index (χ1) is 15.9. The Morgan fingerprint density at radius 3 is 2.09 bits per heavy atom. The van der Waals surface area contributed by atoms with E-state index in [4.69, 9.17) is 4.98 Å². The van der Waals surface area contributed by atoms with Gasteiger partial charge in [-0.05, 0) is 35.4 Å². The molecule has 0 aliphatic carbocycles. The number of rotatable bonds is 7. The van der Waals surface area contributed by atoms with Gasteiger partial charge >= 0.3 is 0 Å². The lowest BCUT2D eigenvalue weighted by Crippen LogP contribution is -2.08. The van der Waals surface area contributed by atoms with Crippen molar-refractivity contribution in [2.45, 2.75) is 16.7 Å². The van der Waals surface area contributed by atoms with Gasteiger partial charge in [-0.15, -0.1) is 11.8 Å². The van der Waals surface area contributed by atoms with Crippen LogP contribution >= 0.6 is 11.8 Å². The maximum atomic E-state index is 5.12. The molecule has 0 bridgehead atoms. The molecule has 0 saturated carbocycles. The van der Waals surface area contributed by atoms with Crippen LogP contribution in [0.15, 0.2) is 126 Å². The average Bonchev–Trinajstić information content (AvgIpc) is 3.23. The highest BCUT2D eigenvalue weighted by molar-refractivity contribution is 7.99. The zero-order chi connectivity index (χ0) is 21.6. The Morgan fingerprint density at radius 1 is 0.719 bits per heavy atom. The quantitative estimate of drug-likeness (QED) is 0.246. The molecule has 1 heterocycles. The summed E-state index contributed by atoms with van der Waals surface area (Å²) in [7, 11) is 0. The molecule has 0 saturated heterocycles. The third-order valence-electron chi connectivity index (χ3n) is 5.42. The molecular formula is C29H24N2S. The van der Waals surface area contributed by atoms with E-state index in [9.17, 15) is 0 Å². The predicted octanol–water partition coefficient (Wildman–Crippen LogP) is 7.63. The van der Waals surface area contributed by atoms with E-state index >= 15 is 0 Å². The number of imidazole rings is 1. The lowest BCUT2D eigenvalue weighted by atomic mass is 10.1. The maximum absolute atomic E-state index is 5.12. The summed E-state index contributed by atoms with van der Waals surface area (Å²) in [6, 6.07) is 40.1. The molecule has 3 heteroatoms. The Morgan fingerprint density at radius 2 is 1.34 bits per heavy atom. The van der Waals surface area contributed by atoms with E-state index in [1.165, 1.54) is 16.0 Å². The number of fused-ring (bicyclic) bond motifs is 1. The van der Waals surface area contributed by atoms with Crippen LogP contribution in [0.5, 0.6) is 0 Å². The number of nitrogens with zero attached hydrogens (tertiary/aromatic N) is 2. The molecule has 0 spiro atoms. The Hall–Kier alpha value is -3.56. The van der Waals surface area contributed by atoms with Gasteiger partial charge in [0.05, 0.1) is 16.3 Å². The van der Waals surface area contributed by atoms with E-state index in [0.717, 1.165) is 23.4 Å². The minimum atomic E-state index is 0.0936. The van der Waals surface area contributed by atoms with Crippen molar-refractivity contribution in [2.24, 2.45) is 0 Å². The van der Waals surface area contributed by atoms with Gasteiger partial charge in [0.25, 0.3) is 0 Å². The van der Waals surface area contributed by atoms with Gasteiger partial charge in [-0.3, -0.25) is 0 Å². The van der Waals surface area contributed by atoms with Gasteiger partial charge in [0.15, 0.2) is 0 Å². The molecule has 4 aromatic carbocycles. The van der Waals surface area contributed by atoms with Crippen LogP contribution in [-0.4, -0.2) is 9.55 Å². The fraction of sp³-hybridized carbons (Fsp3) is 0.0690. The highest BCUT2D eigenvalue weighted by Gasteiger charge is 2.23. The highest BCUT2D eigenvalue weighted by Crippen LogP contribution is 2.41. The van der Waals surface area contributed by atoms with Crippen LogP contribution < -0.4 is 0 Å². The zero-order valence-corrected chi connectivity index (χ0v) is 18.5. The molecule has 1 aromatic heterocycles. The normalized spacial score (nSPS) is 12.4. The number of benzene rings is 4. The summed E-state index contributed by atoms with van der Waals surface area (Å²) >= 11 is 1.85. The van der Waals surface area contributed by atoms with E-state index in [0.29, 0.717) is 0 Å². The summed E-state index contributed by atoms with van der Waals surface area (Å²) in [6.07, 6.45) is 4.41. The van der Waals surface area contributed by atoms with E-state index in [2.05, 4.69) is 126 Å². The van der Waals surface area contributed by atoms with Gasteiger partial charge in [-0.25, -0.2) is 4.98 Å². The number of aromatic nitrogens is 2. The monoisotopic (exact) mass is 432 g/mol. The molecule has 5 rings (SSSR count). The molecule has 0 aliphatic heterocycles. The Kier molecular flexibility index (Phi) is 6.18. The third-order valence-corrected chi connectivity index (χ3v) is 6.68. The summed E-state index contributed by atoms with van der Waals surface area (Å²) in [5, 5.41) is 0.0936. The van der Waals surface area contributed by atoms with Crippen LogP contribution in [0.2, 0.25) is 0 Å². The summed E-state index contributed by atoms with van der Waals surface area (Å²) < 4.78 is 2.35. The summed E-state index contributed by atoms with van der Waals surface area (Å²) in [5.41, 5.74) is 4.65. The Labute approximate surface area is 193 Å². The van der Waals surface area contributed by atoms with Crippen molar-refractivity contribution in [2.75, 3.05) is 0 Å². The maximum Gasteiger partial charge on any atom is 0.128 e. The van der Waals surface area contributed by atoms with Crippen molar-refractivity contribution in [3.63, 3.8) is 0 Å². The lowest BCUT2D eigenvalue weighted by Gasteiger charge is -2.18. The fourth-order valence-corrected chi connectivity index (χ4v) is 5.04. The molecular weight excluding hydrogens is 408 g/mol. The average molecular weight is 433 g/mol. The summed E-state index contributed by atoms with van der Waals surface area (Å²) in [6.45, 7) is 0.767.